The molecule has 0 spiro atoms. The summed E-state index contributed by atoms with van der Waals surface area (Å²) in [7, 11) is -2.31. The lowest BCUT2D eigenvalue weighted by atomic mass is 9.98. The number of rotatable bonds is 9. The number of carbonyl (C=O) groups is 1. The van der Waals surface area contributed by atoms with Gasteiger partial charge in [-0.25, -0.2) is 15.0 Å². The summed E-state index contributed by atoms with van der Waals surface area (Å²) in [6.45, 7) is 5.22. The molecule has 0 radical (unpaired) electrons. The molecular weight excluding hydrogens is 377 g/mol. The average molecular weight is 401 g/mol. The average Bonchev–Trinajstić information content (AvgIpc) is 3.02. The third-order valence-electron chi connectivity index (χ3n) is 3.49. The smallest absolute Gasteiger partial charge is 0.358 e. The highest BCUT2D eigenvalue weighted by molar-refractivity contribution is 7.53. The summed E-state index contributed by atoms with van der Waals surface area (Å²) in [5.41, 5.74) is 6.13. The number of nitrogens with zero attached hydrogens (tertiary/aromatic N) is 4. The topological polar surface area (TPSA) is 141 Å². The molecule has 0 aliphatic carbocycles. The van der Waals surface area contributed by atoms with Crippen molar-refractivity contribution in [3.8, 4) is 0 Å². The van der Waals surface area contributed by atoms with Gasteiger partial charge in [0, 0.05) is 13.7 Å². The molecule has 12 heteroatoms. The molecule has 0 amide bonds. The van der Waals surface area contributed by atoms with E-state index in [1.807, 2.05) is 0 Å². The maximum absolute atomic E-state index is 12.4. The minimum Gasteiger partial charge on any atom is -0.438 e. The van der Waals surface area contributed by atoms with Gasteiger partial charge in [-0.3, -0.25) is 13.9 Å². The van der Waals surface area contributed by atoms with Crippen molar-refractivity contribution in [3.05, 3.63) is 12.7 Å². The van der Waals surface area contributed by atoms with E-state index in [0.717, 1.165) is 0 Å². The van der Waals surface area contributed by atoms with Crippen LogP contribution in [0.4, 0.5) is 5.82 Å². The number of ether oxygens (including phenoxy) is 2. The van der Waals surface area contributed by atoms with Crippen molar-refractivity contribution in [2.75, 3.05) is 32.6 Å². The fourth-order valence-electron chi connectivity index (χ4n) is 1.92. The van der Waals surface area contributed by atoms with E-state index >= 15 is 0 Å². The number of nitrogens with two attached hydrogens (primary N) is 1. The molecule has 1 unspecified atom stereocenters. The van der Waals surface area contributed by atoms with Gasteiger partial charge in [0.15, 0.2) is 11.5 Å². The number of esters is 1. The first-order valence-electron chi connectivity index (χ1n) is 8.12. The molecule has 0 aliphatic rings. The van der Waals surface area contributed by atoms with Crippen molar-refractivity contribution in [1.29, 1.82) is 0 Å². The Balaban J connectivity index is 1.80. The third kappa shape index (κ3) is 5.70. The van der Waals surface area contributed by atoms with E-state index in [9.17, 15) is 9.36 Å². The Morgan fingerprint density at radius 1 is 1.30 bits per heavy atom. The highest BCUT2D eigenvalue weighted by atomic mass is 31.2. The standard InChI is InChI=1S/C15H24N5O6P/c1-15(2,3)14(21)25-9-26-27(22,23-4)10-24-6-5-20-8-19-11-12(16)17-7-18-13(11)20/h7-8H,5-6,9-10H2,1-4H3,(H2,16,17,18). The van der Waals surface area contributed by atoms with Gasteiger partial charge in [-0.15, -0.1) is 0 Å². The fraction of sp³-hybridized carbons (Fsp3) is 0.600. The highest BCUT2D eigenvalue weighted by Gasteiger charge is 2.27. The molecule has 1 atom stereocenters. The molecule has 0 bridgehead atoms. The van der Waals surface area contributed by atoms with Gasteiger partial charge in [0.05, 0.1) is 18.3 Å². The predicted molar refractivity (Wildman–Crippen MR) is 96.7 cm³/mol. The number of nitrogen functional groups attached to an aromatic ring is 1. The van der Waals surface area contributed by atoms with Crippen LogP contribution in [0.15, 0.2) is 12.7 Å². The van der Waals surface area contributed by atoms with Gasteiger partial charge in [0.25, 0.3) is 0 Å². The van der Waals surface area contributed by atoms with E-state index in [1.54, 1.807) is 31.7 Å². The van der Waals surface area contributed by atoms with Crippen molar-refractivity contribution in [2.24, 2.45) is 5.41 Å². The summed E-state index contributed by atoms with van der Waals surface area (Å²) in [6.07, 6.45) is 2.63. The van der Waals surface area contributed by atoms with Crippen molar-refractivity contribution < 1.29 is 27.9 Å². The molecule has 27 heavy (non-hydrogen) atoms. The van der Waals surface area contributed by atoms with Gasteiger partial charge in [0.2, 0.25) is 6.79 Å². The number of hydrogen-bond acceptors (Lipinski definition) is 10. The van der Waals surface area contributed by atoms with Gasteiger partial charge < -0.3 is 24.3 Å². The third-order valence-corrected chi connectivity index (χ3v) is 5.04. The van der Waals surface area contributed by atoms with Crippen LogP contribution < -0.4 is 5.73 Å². The van der Waals surface area contributed by atoms with Crippen LogP contribution in [0.5, 0.6) is 0 Å². The summed E-state index contributed by atoms with van der Waals surface area (Å²) in [5, 5.41) is 0. The second kappa shape index (κ2) is 8.75. The van der Waals surface area contributed by atoms with Crippen LogP contribution in [0, 0.1) is 5.41 Å². The van der Waals surface area contributed by atoms with Crippen molar-refractivity contribution in [3.63, 3.8) is 0 Å². The number of hydrogen-bond donors (Lipinski definition) is 1. The number of fused-ring (bicyclic) bond motifs is 1. The predicted octanol–water partition coefficient (Wildman–Crippen LogP) is 1.79. The molecular formula is C15H24N5O6P. The van der Waals surface area contributed by atoms with Crippen LogP contribution in [-0.4, -0.2) is 52.3 Å². The van der Waals surface area contributed by atoms with Crippen LogP contribution in [-0.2, 0) is 34.4 Å². The maximum Gasteiger partial charge on any atom is 0.358 e. The van der Waals surface area contributed by atoms with Crippen molar-refractivity contribution >= 4 is 30.5 Å². The van der Waals surface area contributed by atoms with E-state index in [1.165, 1.54) is 13.4 Å². The Morgan fingerprint density at radius 2 is 2.04 bits per heavy atom. The SMILES string of the molecule is COP(=O)(COCCn1cnc2c(N)ncnc21)OCOC(=O)C(C)(C)C. The Morgan fingerprint density at radius 3 is 2.70 bits per heavy atom. The van der Waals surface area contributed by atoms with Gasteiger partial charge in [-0.2, -0.15) is 0 Å². The van der Waals surface area contributed by atoms with Crippen molar-refractivity contribution in [2.45, 2.75) is 27.3 Å². The Bertz CT molecular complexity index is 834. The molecule has 2 N–H and O–H groups in total. The first-order chi connectivity index (χ1) is 12.7. The van der Waals surface area contributed by atoms with Crippen LogP contribution in [0.3, 0.4) is 0 Å². The summed E-state index contributed by atoms with van der Waals surface area (Å²) in [4.78, 5) is 23.8. The van der Waals surface area contributed by atoms with Crippen LogP contribution >= 0.6 is 7.60 Å². The quantitative estimate of drug-likeness (QED) is 0.286. The molecule has 0 fully saturated rings. The first-order valence-corrected chi connectivity index (χ1v) is 9.85. The van der Waals surface area contributed by atoms with E-state index in [0.29, 0.717) is 23.5 Å². The molecule has 150 valence electrons. The fourth-order valence-corrected chi connectivity index (χ4v) is 2.77. The molecule has 2 rings (SSSR count). The molecule has 2 aromatic heterocycles. The largest absolute Gasteiger partial charge is 0.438 e. The second-order valence-electron chi connectivity index (χ2n) is 6.63. The summed E-state index contributed by atoms with van der Waals surface area (Å²) in [5.74, 6) is -0.180. The van der Waals surface area contributed by atoms with Crippen LogP contribution in [0.25, 0.3) is 11.2 Å². The Hall–Kier alpha value is -2.07. The van der Waals surface area contributed by atoms with E-state index < -0.39 is 25.8 Å². The van der Waals surface area contributed by atoms with Gasteiger partial charge in [-0.1, -0.05) is 0 Å². The summed E-state index contributed by atoms with van der Waals surface area (Å²) >= 11 is 0. The number of anilines is 1. The number of aromatic nitrogens is 4. The zero-order valence-corrected chi connectivity index (χ0v) is 16.6. The number of imidazole rings is 1. The molecule has 11 nitrogen and oxygen atoms in total. The van der Waals surface area contributed by atoms with E-state index in [2.05, 4.69) is 15.0 Å². The Labute approximate surface area is 156 Å². The zero-order chi connectivity index (χ0) is 20.1. The van der Waals surface area contributed by atoms with Gasteiger partial charge >= 0.3 is 13.6 Å². The molecule has 2 heterocycles. The first kappa shape index (κ1) is 21.2. The minimum atomic E-state index is -3.54. The lowest BCUT2D eigenvalue weighted by Gasteiger charge is -2.19. The van der Waals surface area contributed by atoms with Crippen molar-refractivity contribution in [1.82, 2.24) is 19.5 Å². The summed E-state index contributed by atoms with van der Waals surface area (Å²) < 4.78 is 34.4. The molecule has 2 aromatic rings. The lowest BCUT2D eigenvalue weighted by molar-refractivity contribution is -0.160. The highest BCUT2D eigenvalue weighted by Crippen LogP contribution is 2.47. The van der Waals surface area contributed by atoms with E-state index in [-0.39, 0.29) is 13.0 Å². The number of carbonyl (C=O) groups excluding carboxylic acids is 1. The minimum absolute atomic E-state index is 0.202. The maximum atomic E-state index is 12.4. The summed E-state index contributed by atoms with van der Waals surface area (Å²) in [6, 6.07) is 0. The normalized spacial score (nSPS) is 14.2. The molecule has 0 aromatic carbocycles. The van der Waals surface area contributed by atoms with Gasteiger partial charge in [-0.05, 0) is 20.8 Å². The molecule has 0 saturated heterocycles. The molecule has 0 aliphatic heterocycles. The van der Waals surface area contributed by atoms with Crippen LogP contribution in [0.2, 0.25) is 0 Å². The lowest BCUT2D eigenvalue weighted by Crippen LogP contribution is -2.24. The van der Waals surface area contributed by atoms with Crippen LogP contribution in [0.1, 0.15) is 20.8 Å². The second-order valence-corrected chi connectivity index (χ2v) is 8.73. The van der Waals surface area contributed by atoms with Gasteiger partial charge in [0.1, 0.15) is 18.2 Å². The monoisotopic (exact) mass is 401 g/mol. The van der Waals surface area contributed by atoms with E-state index in [4.69, 9.17) is 24.3 Å². The Kier molecular flexibility index (Phi) is 6.88. The zero-order valence-electron chi connectivity index (χ0n) is 15.7. The molecule has 0 saturated carbocycles.